The normalized spacial score (nSPS) is 14.9. The first-order valence-corrected chi connectivity index (χ1v) is 6.71. The van der Waals surface area contributed by atoms with E-state index < -0.39 is 0 Å². The fraction of sp³-hybridized carbons (Fsp3) is 0.312. The fourth-order valence-electron chi connectivity index (χ4n) is 2.46. The second-order valence-corrected chi connectivity index (χ2v) is 5.06. The maximum absolute atomic E-state index is 13.6. The van der Waals surface area contributed by atoms with Gasteiger partial charge in [-0.15, -0.1) is 0 Å². The van der Waals surface area contributed by atoms with Gasteiger partial charge in [0.15, 0.2) is 0 Å². The van der Waals surface area contributed by atoms with Crippen LogP contribution in [0.2, 0.25) is 0 Å². The van der Waals surface area contributed by atoms with Gasteiger partial charge in [-0.05, 0) is 49.1 Å². The Labute approximate surface area is 112 Å². The van der Waals surface area contributed by atoms with Gasteiger partial charge in [-0.25, -0.2) is 9.37 Å². The number of nitrogens with zero attached hydrogens (tertiary/aromatic N) is 2. The van der Waals surface area contributed by atoms with Crippen LogP contribution in [0.1, 0.15) is 18.4 Å². The Balaban J connectivity index is 1.87. The van der Waals surface area contributed by atoms with E-state index in [2.05, 4.69) is 9.88 Å². The van der Waals surface area contributed by atoms with Gasteiger partial charge in [-0.3, -0.25) is 0 Å². The van der Waals surface area contributed by atoms with Crippen LogP contribution in [-0.4, -0.2) is 18.1 Å². The lowest BCUT2D eigenvalue weighted by Gasteiger charge is -2.16. The van der Waals surface area contributed by atoms with E-state index in [4.69, 9.17) is 0 Å². The average Bonchev–Trinajstić information content (AvgIpc) is 2.96. The summed E-state index contributed by atoms with van der Waals surface area (Å²) in [4.78, 5) is 6.78. The highest BCUT2D eigenvalue weighted by Crippen LogP contribution is 2.24. The zero-order chi connectivity index (χ0) is 13.2. The van der Waals surface area contributed by atoms with Crippen molar-refractivity contribution in [3.8, 4) is 11.1 Å². The molecule has 0 amide bonds. The highest BCUT2D eigenvalue weighted by Gasteiger charge is 2.13. The number of aryl methyl sites for hydroxylation is 1. The van der Waals surface area contributed by atoms with Crippen LogP contribution in [0, 0.1) is 12.7 Å². The van der Waals surface area contributed by atoms with E-state index in [9.17, 15) is 4.39 Å². The summed E-state index contributed by atoms with van der Waals surface area (Å²) in [5, 5.41) is 0. The number of hydrogen-bond donors (Lipinski definition) is 0. The Kier molecular flexibility index (Phi) is 3.20. The molecular formula is C16H17FN2. The molecule has 0 radical (unpaired) electrons. The molecule has 3 heteroatoms. The largest absolute Gasteiger partial charge is 0.357 e. The van der Waals surface area contributed by atoms with Gasteiger partial charge in [-0.2, -0.15) is 0 Å². The van der Waals surface area contributed by atoms with E-state index in [1.54, 1.807) is 19.1 Å². The predicted octanol–water partition coefficient (Wildman–Crippen LogP) is 3.80. The summed E-state index contributed by atoms with van der Waals surface area (Å²) in [5.74, 6) is 0.856. The SMILES string of the molecule is Cc1ccc(-c2ccc(N3CCCC3)nc2)cc1F. The minimum absolute atomic E-state index is 0.166. The topological polar surface area (TPSA) is 16.1 Å². The molecule has 19 heavy (non-hydrogen) atoms. The van der Waals surface area contributed by atoms with Crippen molar-refractivity contribution in [1.29, 1.82) is 0 Å². The molecule has 1 aliphatic rings. The first kappa shape index (κ1) is 12.2. The first-order valence-electron chi connectivity index (χ1n) is 6.71. The molecule has 1 saturated heterocycles. The highest BCUT2D eigenvalue weighted by atomic mass is 19.1. The number of aromatic nitrogens is 1. The van der Waals surface area contributed by atoms with Crippen LogP contribution in [0.4, 0.5) is 10.2 Å². The average molecular weight is 256 g/mol. The predicted molar refractivity (Wildman–Crippen MR) is 75.8 cm³/mol. The lowest BCUT2D eigenvalue weighted by Crippen LogP contribution is -2.18. The minimum Gasteiger partial charge on any atom is -0.357 e. The van der Waals surface area contributed by atoms with Crippen molar-refractivity contribution in [2.75, 3.05) is 18.0 Å². The second kappa shape index (κ2) is 5.00. The summed E-state index contributed by atoms with van der Waals surface area (Å²) in [5.41, 5.74) is 2.51. The van der Waals surface area contributed by atoms with E-state index in [1.807, 2.05) is 24.4 Å². The fourth-order valence-corrected chi connectivity index (χ4v) is 2.46. The summed E-state index contributed by atoms with van der Waals surface area (Å²) in [7, 11) is 0. The molecule has 98 valence electrons. The molecule has 0 saturated carbocycles. The number of rotatable bonds is 2. The third kappa shape index (κ3) is 2.46. The summed E-state index contributed by atoms with van der Waals surface area (Å²) < 4.78 is 13.6. The summed E-state index contributed by atoms with van der Waals surface area (Å²) in [6, 6.07) is 9.36. The second-order valence-electron chi connectivity index (χ2n) is 5.06. The van der Waals surface area contributed by atoms with Crippen LogP contribution < -0.4 is 4.90 Å². The molecule has 0 spiro atoms. The minimum atomic E-state index is -0.166. The van der Waals surface area contributed by atoms with Crippen LogP contribution in [0.15, 0.2) is 36.5 Å². The number of halogens is 1. The molecule has 1 aromatic carbocycles. The van der Waals surface area contributed by atoms with Crippen molar-refractivity contribution in [3.63, 3.8) is 0 Å². The molecule has 0 N–H and O–H groups in total. The number of benzene rings is 1. The first-order chi connectivity index (χ1) is 9.24. The van der Waals surface area contributed by atoms with Crippen LogP contribution in [0.5, 0.6) is 0 Å². The molecule has 0 aliphatic carbocycles. The van der Waals surface area contributed by atoms with Gasteiger partial charge in [0.2, 0.25) is 0 Å². The van der Waals surface area contributed by atoms with Gasteiger partial charge in [0, 0.05) is 24.8 Å². The third-order valence-electron chi connectivity index (χ3n) is 3.68. The van der Waals surface area contributed by atoms with Crippen molar-refractivity contribution in [3.05, 3.63) is 47.9 Å². The summed E-state index contributed by atoms with van der Waals surface area (Å²) in [6.07, 6.45) is 4.32. The Morgan fingerprint density at radius 3 is 2.42 bits per heavy atom. The van der Waals surface area contributed by atoms with Crippen molar-refractivity contribution >= 4 is 5.82 Å². The van der Waals surface area contributed by atoms with E-state index in [0.717, 1.165) is 30.0 Å². The number of pyridine rings is 1. The monoisotopic (exact) mass is 256 g/mol. The molecule has 0 unspecified atom stereocenters. The lowest BCUT2D eigenvalue weighted by molar-refractivity contribution is 0.619. The molecule has 3 rings (SSSR count). The van der Waals surface area contributed by atoms with Gasteiger partial charge in [0.05, 0.1) is 0 Å². The molecule has 1 fully saturated rings. The van der Waals surface area contributed by atoms with E-state index in [-0.39, 0.29) is 5.82 Å². The third-order valence-corrected chi connectivity index (χ3v) is 3.68. The van der Waals surface area contributed by atoms with Gasteiger partial charge in [0.1, 0.15) is 11.6 Å². The molecule has 2 heterocycles. The maximum Gasteiger partial charge on any atom is 0.128 e. The number of anilines is 1. The van der Waals surface area contributed by atoms with Gasteiger partial charge < -0.3 is 4.90 Å². The molecule has 2 nitrogen and oxygen atoms in total. The molecule has 1 aromatic heterocycles. The summed E-state index contributed by atoms with van der Waals surface area (Å²) >= 11 is 0. The van der Waals surface area contributed by atoms with Crippen molar-refractivity contribution in [2.45, 2.75) is 19.8 Å². The van der Waals surface area contributed by atoms with Crippen LogP contribution in [-0.2, 0) is 0 Å². The van der Waals surface area contributed by atoms with Crippen molar-refractivity contribution < 1.29 is 4.39 Å². The van der Waals surface area contributed by atoms with Crippen LogP contribution >= 0.6 is 0 Å². The van der Waals surface area contributed by atoms with Gasteiger partial charge >= 0.3 is 0 Å². The Bertz CT molecular complexity index is 572. The van der Waals surface area contributed by atoms with Crippen molar-refractivity contribution in [2.24, 2.45) is 0 Å². The Hall–Kier alpha value is -1.90. The smallest absolute Gasteiger partial charge is 0.128 e. The Morgan fingerprint density at radius 2 is 1.79 bits per heavy atom. The number of hydrogen-bond acceptors (Lipinski definition) is 2. The van der Waals surface area contributed by atoms with Crippen LogP contribution in [0.3, 0.4) is 0 Å². The molecule has 1 aliphatic heterocycles. The molecular weight excluding hydrogens is 239 g/mol. The maximum atomic E-state index is 13.6. The quantitative estimate of drug-likeness (QED) is 0.812. The van der Waals surface area contributed by atoms with E-state index in [0.29, 0.717) is 5.56 Å². The highest BCUT2D eigenvalue weighted by molar-refractivity contribution is 5.64. The van der Waals surface area contributed by atoms with E-state index >= 15 is 0 Å². The zero-order valence-corrected chi connectivity index (χ0v) is 11.1. The van der Waals surface area contributed by atoms with Gasteiger partial charge in [-0.1, -0.05) is 12.1 Å². The molecule has 0 bridgehead atoms. The van der Waals surface area contributed by atoms with Gasteiger partial charge in [0.25, 0.3) is 0 Å². The Morgan fingerprint density at radius 1 is 1.05 bits per heavy atom. The lowest BCUT2D eigenvalue weighted by atomic mass is 10.1. The van der Waals surface area contributed by atoms with Crippen LogP contribution in [0.25, 0.3) is 11.1 Å². The van der Waals surface area contributed by atoms with Crippen molar-refractivity contribution in [1.82, 2.24) is 4.98 Å². The van der Waals surface area contributed by atoms with E-state index in [1.165, 1.54) is 12.8 Å². The standard InChI is InChI=1S/C16H17FN2/c1-12-4-5-13(10-15(12)17)14-6-7-16(18-11-14)19-8-2-3-9-19/h4-7,10-11H,2-3,8-9H2,1H3. The molecule has 0 atom stereocenters. The zero-order valence-electron chi connectivity index (χ0n) is 11.1. The summed E-state index contributed by atoms with van der Waals surface area (Å²) in [6.45, 7) is 3.95. The molecule has 2 aromatic rings.